The highest BCUT2D eigenvalue weighted by atomic mass is 15.1. The Kier molecular flexibility index (Phi) is 8.89. The molecule has 0 spiro atoms. The van der Waals surface area contributed by atoms with Gasteiger partial charge in [-0.3, -0.25) is 0 Å². The highest BCUT2D eigenvalue weighted by molar-refractivity contribution is 6.19. The quantitative estimate of drug-likeness (QED) is 0.145. The number of anilines is 3. The zero-order valence-electron chi connectivity index (χ0n) is 36.1. The van der Waals surface area contributed by atoms with E-state index in [1.54, 1.807) is 0 Å². The monoisotopic (exact) mass is 838 g/mol. The Bertz CT molecular complexity index is 3970. The van der Waals surface area contributed by atoms with Crippen LogP contribution in [-0.2, 0) is 0 Å². The summed E-state index contributed by atoms with van der Waals surface area (Å²) in [6.45, 7) is 0. The molecule has 13 aromatic rings. The Morgan fingerprint density at radius 1 is 0.258 bits per heavy atom. The molecule has 12 aromatic carbocycles. The van der Waals surface area contributed by atoms with E-state index in [-0.39, 0.29) is 0 Å². The molecule has 0 radical (unpaired) electrons. The first kappa shape index (κ1) is 37.8. The van der Waals surface area contributed by atoms with Crippen molar-refractivity contribution in [2.75, 3.05) is 4.90 Å². The van der Waals surface area contributed by atoms with Gasteiger partial charge in [-0.25, -0.2) is 0 Å². The second-order valence-corrected chi connectivity index (χ2v) is 17.3. The maximum absolute atomic E-state index is 2.42. The van der Waals surface area contributed by atoms with Crippen LogP contribution < -0.4 is 4.90 Å². The van der Waals surface area contributed by atoms with E-state index in [9.17, 15) is 0 Å². The van der Waals surface area contributed by atoms with Crippen molar-refractivity contribution in [3.05, 3.63) is 255 Å². The van der Waals surface area contributed by atoms with E-state index in [1.165, 1.54) is 92.7 Å². The summed E-state index contributed by atoms with van der Waals surface area (Å²) >= 11 is 0. The maximum Gasteiger partial charge on any atom is 0.0547 e. The van der Waals surface area contributed by atoms with Crippen molar-refractivity contribution in [2.24, 2.45) is 0 Å². The van der Waals surface area contributed by atoms with Gasteiger partial charge in [-0.1, -0.05) is 182 Å². The molecule has 0 bridgehead atoms. The van der Waals surface area contributed by atoms with E-state index in [0.29, 0.717) is 0 Å². The van der Waals surface area contributed by atoms with Crippen molar-refractivity contribution in [2.45, 2.75) is 0 Å². The first-order chi connectivity index (χ1) is 32.7. The SMILES string of the molecule is c1ccc(-n2c3cc4ccccc4cc3c3c(-c4cccc(N(c5ccc(-c6ccc7c(ccc8ccccc87)c6)cc5)c5ccc(-c6cccc7ccccc67)cc5)c4)cccc32)cc1. The van der Waals surface area contributed by atoms with Crippen LogP contribution in [0.5, 0.6) is 0 Å². The zero-order chi connectivity index (χ0) is 43.6. The van der Waals surface area contributed by atoms with Crippen LogP contribution in [0.3, 0.4) is 0 Å². The van der Waals surface area contributed by atoms with E-state index in [2.05, 4.69) is 264 Å². The lowest BCUT2D eigenvalue weighted by Crippen LogP contribution is -2.10. The molecular formula is C64H42N2. The van der Waals surface area contributed by atoms with Crippen molar-refractivity contribution < 1.29 is 0 Å². The van der Waals surface area contributed by atoms with Crippen LogP contribution >= 0.6 is 0 Å². The lowest BCUT2D eigenvalue weighted by Gasteiger charge is -2.26. The maximum atomic E-state index is 2.42. The first-order valence-electron chi connectivity index (χ1n) is 22.7. The van der Waals surface area contributed by atoms with E-state index in [0.717, 1.165) is 28.3 Å². The van der Waals surface area contributed by atoms with Gasteiger partial charge >= 0.3 is 0 Å². The molecule has 0 unspecified atom stereocenters. The summed E-state index contributed by atoms with van der Waals surface area (Å²) in [5, 5.41) is 12.5. The lowest BCUT2D eigenvalue weighted by atomic mass is 9.96. The molecule has 0 amide bonds. The van der Waals surface area contributed by atoms with Gasteiger partial charge in [-0.2, -0.15) is 0 Å². The van der Waals surface area contributed by atoms with Crippen LogP contribution in [0.4, 0.5) is 17.1 Å². The Morgan fingerprint density at radius 3 is 1.62 bits per heavy atom. The first-order valence-corrected chi connectivity index (χ1v) is 22.7. The molecule has 0 N–H and O–H groups in total. The number of rotatable bonds is 7. The number of nitrogens with zero attached hydrogens (tertiary/aromatic N) is 2. The minimum Gasteiger partial charge on any atom is -0.310 e. The van der Waals surface area contributed by atoms with E-state index >= 15 is 0 Å². The molecule has 0 saturated carbocycles. The number of aromatic nitrogens is 1. The normalized spacial score (nSPS) is 11.6. The molecule has 0 aliphatic carbocycles. The third kappa shape index (κ3) is 6.34. The smallest absolute Gasteiger partial charge is 0.0547 e. The zero-order valence-corrected chi connectivity index (χ0v) is 36.1. The third-order valence-corrected chi connectivity index (χ3v) is 13.5. The van der Waals surface area contributed by atoms with Gasteiger partial charge in [0.25, 0.3) is 0 Å². The minimum absolute atomic E-state index is 1.09. The Morgan fingerprint density at radius 2 is 0.833 bits per heavy atom. The van der Waals surface area contributed by atoms with Gasteiger partial charge < -0.3 is 9.47 Å². The molecule has 13 rings (SSSR count). The summed E-state index contributed by atoms with van der Waals surface area (Å²) in [6, 6.07) is 93.3. The average Bonchev–Trinajstić information content (AvgIpc) is 3.71. The highest BCUT2D eigenvalue weighted by Crippen LogP contribution is 2.43. The fourth-order valence-electron chi connectivity index (χ4n) is 10.4. The number of benzene rings is 12. The predicted octanol–water partition coefficient (Wildman–Crippen LogP) is 17.9. The van der Waals surface area contributed by atoms with Gasteiger partial charge in [-0.05, 0) is 149 Å². The van der Waals surface area contributed by atoms with Crippen LogP contribution in [0.15, 0.2) is 255 Å². The molecule has 308 valence electrons. The molecule has 2 heteroatoms. The summed E-state index contributed by atoms with van der Waals surface area (Å²) in [4.78, 5) is 2.40. The Hall–Kier alpha value is -8.72. The molecule has 2 nitrogen and oxygen atoms in total. The highest BCUT2D eigenvalue weighted by Gasteiger charge is 2.20. The van der Waals surface area contributed by atoms with Crippen molar-refractivity contribution in [1.29, 1.82) is 0 Å². The second-order valence-electron chi connectivity index (χ2n) is 17.3. The van der Waals surface area contributed by atoms with Gasteiger partial charge in [-0.15, -0.1) is 0 Å². The van der Waals surface area contributed by atoms with Crippen LogP contribution in [0.25, 0.3) is 104 Å². The lowest BCUT2D eigenvalue weighted by molar-refractivity contribution is 1.18. The number of para-hydroxylation sites is 1. The van der Waals surface area contributed by atoms with E-state index < -0.39 is 0 Å². The topological polar surface area (TPSA) is 8.17 Å². The van der Waals surface area contributed by atoms with Crippen molar-refractivity contribution in [3.8, 4) is 39.1 Å². The van der Waals surface area contributed by atoms with Gasteiger partial charge in [0, 0.05) is 33.5 Å². The third-order valence-electron chi connectivity index (χ3n) is 13.5. The molecule has 0 saturated heterocycles. The predicted molar refractivity (Wildman–Crippen MR) is 282 cm³/mol. The van der Waals surface area contributed by atoms with Crippen molar-refractivity contribution >= 4 is 82.0 Å². The standard InChI is InChI=1S/C64H42N2/c1-2-19-52(20-3-1)66-62-26-12-25-60(64(62)61-41-47-15-4-5-16-48(47)42-63(61)66)50-18-10-21-55(40-50)65(54-36-31-46(32-37-54)58-24-11-17-44-13-6-8-22-56(44)58)53-34-29-43(30-35-53)49-33-38-59-51(39-49)28-27-45-14-7-9-23-57(45)59/h1-42H. The molecule has 0 fully saturated rings. The number of hydrogen-bond acceptors (Lipinski definition) is 1. The van der Waals surface area contributed by atoms with E-state index in [4.69, 9.17) is 0 Å². The molecule has 0 aliphatic rings. The second kappa shape index (κ2) is 15.5. The molecule has 1 heterocycles. The summed E-state index contributed by atoms with van der Waals surface area (Å²) < 4.78 is 2.42. The Balaban J connectivity index is 0.957. The van der Waals surface area contributed by atoms with Gasteiger partial charge in [0.2, 0.25) is 0 Å². The average molecular weight is 839 g/mol. The van der Waals surface area contributed by atoms with Gasteiger partial charge in [0.05, 0.1) is 11.0 Å². The van der Waals surface area contributed by atoms with Crippen LogP contribution in [0.2, 0.25) is 0 Å². The number of hydrogen-bond donors (Lipinski definition) is 0. The largest absolute Gasteiger partial charge is 0.310 e. The van der Waals surface area contributed by atoms with Crippen LogP contribution in [0, 0.1) is 0 Å². The molecule has 0 atom stereocenters. The fraction of sp³-hybridized carbons (Fsp3) is 0. The number of fused-ring (bicyclic) bond motifs is 8. The summed E-state index contributed by atoms with van der Waals surface area (Å²) in [5.41, 5.74) is 14.0. The van der Waals surface area contributed by atoms with Crippen LogP contribution in [-0.4, -0.2) is 4.57 Å². The van der Waals surface area contributed by atoms with Crippen molar-refractivity contribution in [1.82, 2.24) is 4.57 Å². The van der Waals surface area contributed by atoms with Crippen LogP contribution in [0.1, 0.15) is 0 Å². The van der Waals surface area contributed by atoms with Gasteiger partial charge in [0.15, 0.2) is 0 Å². The van der Waals surface area contributed by atoms with Crippen molar-refractivity contribution in [3.63, 3.8) is 0 Å². The summed E-state index contributed by atoms with van der Waals surface area (Å²) in [7, 11) is 0. The summed E-state index contributed by atoms with van der Waals surface area (Å²) in [5.74, 6) is 0. The van der Waals surface area contributed by atoms with Gasteiger partial charge in [0.1, 0.15) is 0 Å². The molecule has 0 aliphatic heterocycles. The van der Waals surface area contributed by atoms with E-state index in [1.807, 2.05) is 0 Å². The minimum atomic E-state index is 1.09. The molecule has 1 aromatic heterocycles. The summed E-state index contributed by atoms with van der Waals surface area (Å²) in [6.07, 6.45) is 0. The fourth-order valence-corrected chi connectivity index (χ4v) is 10.4. The molecule has 66 heavy (non-hydrogen) atoms. The Labute approximate surface area is 383 Å². The molecular weight excluding hydrogens is 797 g/mol.